The molecule has 0 atom stereocenters. The first-order valence-electron chi connectivity index (χ1n) is 9.49. The third-order valence-electron chi connectivity index (χ3n) is 4.60. The van der Waals surface area contributed by atoms with Crippen molar-refractivity contribution in [1.29, 1.82) is 0 Å². The van der Waals surface area contributed by atoms with Gasteiger partial charge >= 0.3 is 0 Å². The summed E-state index contributed by atoms with van der Waals surface area (Å²) in [5.41, 5.74) is 2.27. The van der Waals surface area contributed by atoms with Crippen molar-refractivity contribution >= 4 is 23.1 Å². The lowest BCUT2D eigenvalue weighted by molar-refractivity contribution is 0.102. The number of rotatable bonds is 7. The monoisotopic (exact) mass is 368 g/mol. The van der Waals surface area contributed by atoms with E-state index in [1.165, 1.54) is 31.1 Å². The third-order valence-corrected chi connectivity index (χ3v) is 4.60. The molecule has 1 aromatic heterocycles. The summed E-state index contributed by atoms with van der Waals surface area (Å²) in [6.07, 6.45) is 6.89. The van der Waals surface area contributed by atoms with Crippen LogP contribution in [0.4, 0.5) is 17.2 Å². The Kier molecular flexibility index (Phi) is 6.59. The summed E-state index contributed by atoms with van der Waals surface area (Å²) in [5, 5.41) is 6.06. The van der Waals surface area contributed by atoms with Crippen LogP contribution in [0, 0.1) is 0 Å². The predicted octanol–water partition coefficient (Wildman–Crippen LogP) is 2.69. The first kappa shape index (κ1) is 19.1. The van der Waals surface area contributed by atoms with E-state index in [-0.39, 0.29) is 5.91 Å². The van der Waals surface area contributed by atoms with E-state index >= 15 is 0 Å². The number of anilines is 3. The van der Waals surface area contributed by atoms with Gasteiger partial charge in [0.2, 0.25) is 0 Å². The number of carbonyl (C=O) groups excluding carboxylic acids is 1. The third kappa shape index (κ3) is 5.65. The molecule has 2 aromatic rings. The van der Waals surface area contributed by atoms with Gasteiger partial charge in [-0.3, -0.25) is 4.79 Å². The molecule has 2 N–H and O–H groups in total. The van der Waals surface area contributed by atoms with E-state index in [9.17, 15) is 4.79 Å². The van der Waals surface area contributed by atoms with Crippen LogP contribution in [0.3, 0.4) is 0 Å². The molecule has 1 saturated heterocycles. The first-order chi connectivity index (χ1) is 13.1. The van der Waals surface area contributed by atoms with Crippen LogP contribution in [-0.2, 0) is 0 Å². The highest BCUT2D eigenvalue weighted by Crippen LogP contribution is 2.22. The summed E-state index contributed by atoms with van der Waals surface area (Å²) in [6, 6.07) is 7.99. The van der Waals surface area contributed by atoms with Crippen molar-refractivity contribution in [2.24, 2.45) is 0 Å². The quantitative estimate of drug-likeness (QED) is 0.783. The fourth-order valence-electron chi connectivity index (χ4n) is 3.05. The number of hydrogen-bond donors (Lipinski definition) is 2. The molecule has 1 amide bonds. The molecular weight excluding hydrogens is 340 g/mol. The lowest BCUT2D eigenvalue weighted by atomic mass is 10.1. The standard InChI is InChI=1S/C20H28N6O/c1-25(2)13-10-21-19-15-22-18(14-23-19)20(27)24-16-6-8-17(9-7-16)26-11-4-3-5-12-26/h6-9,14-15H,3-5,10-13H2,1-2H3,(H,21,23)(H,24,27). The highest BCUT2D eigenvalue weighted by molar-refractivity contribution is 6.02. The maximum absolute atomic E-state index is 12.4. The molecule has 0 spiro atoms. The van der Waals surface area contributed by atoms with Gasteiger partial charge in [0.05, 0.1) is 12.4 Å². The summed E-state index contributed by atoms with van der Waals surface area (Å²) in [4.78, 5) is 25.3. The van der Waals surface area contributed by atoms with Gasteiger partial charge in [-0.2, -0.15) is 0 Å². The minimum absolute atomic E-state index is 0.256. The second kappa shape index (κ2) is 9.32. The van der Waals surface area contributed by atoms with Crippen molar-refractivity contribution in [3.63, 3.8) is 0 Å². The lowest BCUT2D eigenvalue weighted by Gasteiger charge is -2.28. The molecule has 1 aliphatic heterocycles. The molecular formula is C20H28N6O. The average molecular weight is 368 g/mol. The minimum atomic E-state index is -0.256. The fourth-order valence-corrected chi connectivity index (χ4v) is 3.05. The van der Waals surface area contributed by atoms with Gasteiger partial charge in [0.25, 0.3) is 5.91 Å². The predicted molar refractivity (Wildman–Crippen MR) is 110 cm³/mol. The Morgan fingerprint density at radius 1 is 1.07 bits per heavy atom. The molecule has 0 radical (unpaired) electrons. The minimum Gasteiger partial charge on any atom is -0.372 e. The number of nitrogens with zero attached hydrogens (tertiary/aromatic N) is 4. The largest absolute Gasteiger partial charge is 0.372 e. The molecule has 0 aliphatic carbocycles. The van der Waals surface area contributed by atoms with E-state index < -0.39 is 0 Å². The smallest absolute Gasteiger partial charge is 0.275 e. The Hall–Kier alpha value is -2.67. The number of hydrogen-bond acceptors (Lipinski definition) is 6. The molecule has 144 valence electrons. The Morgan fingerprint density at radius 2 is 1.81 bits per heavy atom. The SMILES string of the molecule is CN(C)CCNc1cnc(C(=O)Nc2ccc(N3CCCCC3)cc2)cn1. The lowest BCUT2D eigenvalue weighted by Crippen LogP contribution is -2.29. The van der Waals surface area contributed by atoms with Crippen LogP contribution in [0.1, 0.15) is 29.8 Å². The number of benzene rings is 1. The van der Waals surface area contributed by atoms with Crippen molar-refractivity contribution in [3.05, 3.63) is 42.4 Å². The molecule has 0 saturated carbocycles. The molecule has 1 fully saturated rings. The van der Waals surface area contributed by atoms with E-state index in [1.54, 1.807) is 6.20 Å². The topological polar surface area (TPSA) is 73.4 Å². The Balaban J connectivity index is 1.53. The number of amides is 1. The molecule has 0 unspecified atom stereocenters. The van der Waals surface area contributed by atoms with Crippen molar-refractivity contribution in [2.75, 3.05) is 55.8 Å². The van der Waals surface area contributed by atoms with Gasteiger partial charge in [0.15, 0.2) is 0 Å². The molecule has 2 heterocycles. The molecule has 27 heavy (non-hydrogen) atoms. The fraction of sp³-hybridized carbons (Fsp3) is 0.450. The Morgan fingerprint density at radius 3 is 2.44 bits per heavy atom. The molecule has 1 aromatic carbocycles. The van der Waals surface area contributed by atoms with E-state index in [4.69, 9.17) is 0 Å². The van der Waals surface area contributed by atoms with E-state index in [0.29, 0.717) is 11.5 Å². The van der Waals surface area contributed by atoms with Crippen molar-refractivity contribution < 1.29 is 4.79 Å². The van der Waals surface area contributed by atoms with E-state index in [1.807, 2.05) is 26.2 Å². The van der Waals surface area contributed by atoms with E-state index in [2.05, 4.69) is 42.5 Å². The Labute approximate surface area is 160 Å². The highest BCUT2D eigenvalue weighted by Gasteiger charge is 2.12. The van der Waals surface area contributed by atoms with Gasteiger partial charge in [-0.25, -0.2) is 9.97 Å². The average Bonchev–Trinajstić information content (AvgIpc) is 2.69. The summed E-state index contributed by atoms with van der Waals surface area (Å²) in [7, 11) is 4.03. The van der Waals surface area contributed by atoms with Gasteiger partial charge in [-0.05, 0) is 57.6 Å². The van der Waals surface area contributed by atoms with Crippen molar-refractivity contribution in [1.82, 2.24) is 14.9 Å². The zero-order valence-electron chi connectivity index (χ0n) is 16.1. The number of piperidine rings is 1. The summed E-state index contributed by atoms with van der Waals surface area (Å²) < 4.78 is 0. The van der Waals surface area contributed by atoms with Crippen LogP contribution in [-0.4, -0.2) is 61.0 Å². The van der Waals surface area contributed by atoms with Crippen LogP contribution >= 0.6 is 0 Å². The molecule has 7 heteroatoms. The molecule has 0 bridgehead atoms. The number of aromatic nitrogens is 2. The summed E-state index contributed by atoms with van der Waals surface area (Å²) in [5.74, 6) is 0.410. The number of carbonyl (C=O) groups is 1. The summed E-state index contributed by atoms with van der Waals surface area (Å²) in [6.45, 7) is 3.89. The zero-order valence-corrected chi connectivity index (χ0v) is 16.1. The van der Waals surface area contributed by atoms with Crippen LogP contribution in [0.5, 0.6) is 0 Å². The Bertz CT molecular complexity index is 723. The maximum Gasteiger partial charge on any atom is 0.275 e. The van der Waals surface area contributed by atoms with Gasteiger partial charge < -0.3 is 20.4 Å². The second-order valence-electron chi connectivity index (χ2n) is 7.07. The second-order valence-corrected chi connectivity index (χ2v) is 7.07. The van der Waals surface area contributed by atoms with Gasteiger partial charge in [0.1, 0.15) is 11.5 Å². The molecule has 3 rings (SSSR count). The van der Waals surface area contributed by atoms with Crippen LogP contribution < -0.4 is 15.5 Å². The van der Waals surface area contributed by atoms with Gasteiger partial charge in [-0.1, -0.05) is 0 Å². The normalized spacial score (nSPS) is 14.3. The van der Waals surface area contributed by atoms with Gasteiger partial charge in [0, 0.05) is 37.6 Å². The van der Waals surface area contributed by atoms with Crippen molar-refractivity contribution in [3.8, 4) is 0 Å². The zero-order chi connectivity index (χ0) is 19.1. The van der Waals surface area contributed by atoms with Crippen LogP contribution in [0.25, 0.3) is 0 Å². The number of likely N-dealkylation sites (N-methyl/N-ethyl adjacent to an activating group) is 1. The first-order valence-corrected chi connectivity index (χ1v) is 9.49. The summed E-state index contributed by atoms with van der Waals surface area (Å²) >= 11 is 0. The maximum atomic E-state index is 12.4. The molecule has 7 nitrogen and oxygen atoms in total. The molecule has 1 aliphatic rings. The van der Waals surface area contributed by atoms with Crippen molar-refractivity contribution in [2.45, 2.75) is 19.3 Å². The van der Waals surface area contributed by atoms with Crippen LogP contribution in [0.2, 0.25) is 0 Å². The van der Waals surface area contributed by atoms with E-state index in [0.717, 1.165) is 31.9 Å². The highest BCUT2D eigenvalue weighted by atomic mass is 16.1. The van der Waals surface area contributed by atoms with Crippen LogP contribution in [0.15, 0.2) is 36.7 Å². The van der Waals surface area contributed by atoms with Gasteiger partial charge in [-0.15, -0.1) is 0 Å². The number of nitrogens with one attached hydrogen (secondary N) is 2.